The molecule has 0 bridgehead atoms. The Balaban J connectivity index is -0.00000392. The van der Waals surface area contributed by atoms with E-state index in [1.165, 1.54) is 32.1 Å². The normalized spacial score (nSPS) is 12.5. The summed E-state index contributed by atoms with van der Waals surface area (Å²) in [5.41, 5.74) is 5.42. The Hall–Kier alpha value is 0.570. The number of unbranched alkanes of at least 4 members (excludes halogenated alkanes) is 8. The number of carbonyl (C=O) groups excluding carboxylic acids is 3. The maximum atomic E-state index is 12.8. The number of nitrogens with zero attached hydrogens (tertiary/aromatic N) is 1. The van der Waals surface area contributed by atoms with Crippen LogP contribution in [0.2, 0.25) is 0 Å². The molecule has 0 heterocycles. The first-order valence-corrected chi connectivity index (χ1v) is 11.6. The molecule has 31 heavy (non-hydrogen) atoms. The van der Waals surface area contributed by atoms with Crippen molar-refractivity contribution in [1.82, 2.24) is 4.90 Å². The Bertz CT molecular complexity index is 488. The van der Waals surface area contributed by atoms with Gasteiger partial charge in [-0.05, 0) is 38.9 Å². The molecule has 1 amide bonds. The van der Waals surface area contributed by atoms with E-state index in [0.29, 0.717) is 19.4 Å². The van der Waals surface area contributed by atoms with Crippen molar-refractivity contribution in [1.29, 1.82) is 0 Å². The van der Waals surface area contributed by atoms with Crippen molar-refractivity contribution in [2.75, 3.05) is 19.6 Å². The summed E-state index contributed by atoms with van der Waals surface area (Å²) in [6.45, 7) is 8.61. The summed E-state index contributed by atoms with van der Waals surface area (Å²) in [4.78, 5) is 38.2. The molecule has 0 saturated carbocycles. The predicted molar refractivity (Wildman–Crippen MR) is 115 cm³/mol. The van der Waals surface area contributed by atoms with Crippen LogP contribution in [0.3, 0.4) is 0 Å². The van der Waals surface area contributed by atoms with Gasteiger partial charge in [0.15, 0.2) is 0 Å². The van der Waals surface area contributed by atoms with Crippen molar-refractivity contribution in [2.24, 2.45) is 5.41 Å². The van der Waals surface area contributed by atoms with E-state index < -0.39 is 29.5 Å². The van der Waals surface area contributed by atoms with Gasteiger partial charge in [-0.25, -0.2) is 0 Å². The molecule has 0 spiro atoms. The minimum Gasteiger partial charge on any atom is -0.668 e. The molecule has 0 aromatic carbocycles. The molecule has 0 aromatic heterocycles. The molecule has 1 atom stereocenters. The van der Waals surface area contributed by atoms with Crippen LogP contribution in [0.15, 0.2) is 0 Å². The molecule has 0 aliphatic carbocycles. The molecular weight excluding hydrogens is 414 g/mol. The molecule has 0 aromatic rings. The molecule has 170 valence electrons. The maximum absolute atomic E-state index is 12.8. The van der Waals surface area contributed by atoms with Crippen molar-refractivity contribution < 1.29 is 78.6 Å². The van der Waals surface area contributed by atoms with Crippen molar-refractivity contribution >= 4 is 17.7 Å². The van der Waals surface area contributed by atoms with Crippen molar-refractivity contribution in [3.05, 3.63) is 5.73 Å². The van der Waals surface area contributed by atoms with Crippen LogP contribution in [0, 0.1) is 5.41 Å². The van der Waals surface area contributed by atoms with Gasteiger partial charge >= 0.3 is 59.1 Å². The van der Waals surface area contributed by atoms with Crippen LogP contribution < -0.4 is 64.2 Å². The summed E-state index contributed by atoms with van der Waals surface area (Å²) in [7, 11) is 0. The van der Waals surface area contributed by atoms with E-state index in [1.54, 1.807) is 0 Å². The zero-order chi connectivity index (χ0) is 22.1. The van der Waals surface area contributed by atoms with E-state index in [0.717, 1.165) is 32.4 Å². The van der Waals surface area contributed by atoms with Gasteiger partial charge in [0.1, 0.15) is 5.78 Å². The molecule has 0 radical (unpaired) electrons. The van der Waals surface area contributed by atoms with Gasteiger partial charge in [0, 0.05) is 12.8 Å². The number of ketones is 1. The number of hydrogen-bond acceptors (Lipinski definition) is 5. The van der Waals surface area contributed by atoms with Crippen LogP contribution >= 0.6 is 0 Å². The number of rotatable bonds is 20. The molecule has 6 nitrogen and oxygen atoms in total. The summed E-state index contributed by atoms with van der Waals surface area (Å²) in [6, 6.07) is 0. The average Bonchev–Trinajstić information content (AvgIpc) is 2.68. The molecule has 0 saturated heterocycles. The maximum Gasteiger partial charge on any atom is 1.00 e. The molecule has 0 aliphatic rings. The van der Waals surface area contributed by atoms with Gasteiger partial charge in [-0.1, -0.05) is 72.1 Å². The summed E-state index contributed by atoms with van der Waals surface area (Å²) in [5, 5.41) is 11.9. The molecular formula is C23H42N2Na2O4. The molecule has 0 aliphatic heterocycles. The minimum atomic E-state index is -1.84. The van der Waals surface area contributed by atoms with Gasteiger partial charge in [-0.3, -0.25) is 4.79 Å². The van der Waals surface area contributed by atoms with Gasteiger partial charge < -0.3 is 25.3 Å². The second kappa shape index (κ2) is 22.4. The molecule has 8 heteroatoms. The first-order chi connectivity index (χ1) is 13.8. The standard InChI is InChI=1S/C23H44N2O4.2Na/c1-4-7-8-9-10-11-12-13-14-16-20(26)23(22(28)29,19-21(24)27)17-15-18-25(5-2)6-3;;/h4-19H2,1-3H3,(H3,24,27,28,29);;/q;2*+1/p-2. The van der Waals surface area contributed by atoms with Crippen molar-refractivity contribution in [3.63, 3.8) is 0 Å². The third-order valence-corrected chi connectivity index (χ3v) is 5.87. The Kier molecular flexibility index (Phi) is 26.1. The van der Waals surface area contributed by atoms with Crippen LogP contribution in [-0.2, 0) is 14.4 Å². The Morgan fingerprint density at radius 2 is 1.29 bits per heavy atom. The van der Waals surface area contributed by atoms with Crippen LogP contribution in [0.5, 0.6) is 0 Å². The van der Waals surface area contributed by atoms with Crippen molar-refractivity contribution in [2.45, 2.75) is 104 Å². The number of carboxylic acids is 1. The predicted octanol–water partition coefficient (Wildman–Crippen LogP) is -1.69. The number of hydrogen-bond donors (Lipinski definition) is 0. The second-order valence-electron chi connectivity index (χ2n) is 8.10. The fraction of sp³-hybridized carbons (Fsp3) is 0.870. The summed E-state index contributed by atoms with van der Waals surface area (Å²) in [6.07, 6.45) is 10.1. The Morgan fingerprint density at radius 3 is 1.71 bits per heavy atom. The third-order valence-electron chi connectivity index (χ3n) is 5.87. The zero-order valence-corrected chi connectivity index (χ0v) is 24.9. The van der Waals surface area contributed by atoms with E-state index in [1.807, 2.05) is 13.8 Å². The van der Waals surface area contributed by atoms with E-state index in [-0.39, 0.29) is 72.0 Å². The number of Topliss-reactive ketones (excluding diaryl/α,β-unsaturated/α-hetero) is 1. The summed E-state index contributed by atoms with van der Waals surface area (Å²) < 4.78 is 0. The largest absolute Gasteiger partial charge is 1.00 e. The first-order valence-electron chi connectivity index (χ1n) is 11.6. The molecule has 0 fully saturated rings. The second-order valence-corrected chi connectivity index (χ2v) is 8.10. The number of nitrogens with one attached hydrogen (secondary N) is 1. The quantitative estimate of drug-likeness (QED) is 0.124. The van der Waals surface area contributed by atoms with Gasteiger partial charge in [-0.2, -0.15) is 0 Å². The van der Waals surface area contributed by atoms with E-state index in [4.69, 9.17) is 5.73 Å². The Labute approximate surface area is 234 Å². The van der Waals surface area contributed by atoms with Gasteiger partial charge in [0.05, 0.1) is 17.3 Å². The topological polar surface area (TPSA) is 101 Å². The number of carboxylic acid groups (broad SMARTS) is 1. The van der Waals surface area contributed by atoms with E-state index in [9.17, 15) is 19.5 Å². The van der Waals surface area contributed by atoms with Crippen LogP contribution in [0.25, 0.3) is 5.73 Å². The summed E-state index contributed by atoms with van der Waals surface area (Å²) in [5.74, 6) is -2.96. The minimum absolute atomic E-state index is 0. The number of amides is 1. The van der Waals surface area contributed by atoms with Crippen LogP contribution in [0.1, 0.15) is 104 Å². The van der Waals surface area contributed by atoms with E-state index in [2.05, 4.69) is 11.8 Å². The third kappa shape index (κ3) is 15.9. The van der Waals surface area contributed by atoms with Crippen LogP contribution in [-0.4, -0.2) is 42.2 Å². The molecule has 0 rings (SSSR count). The smallest absolute Gasteiger partial charge is 0.668 e. The fourth-order valence-corrected chi connectivity index (χ4v) is 3.87. The molecule has 1 unspecified atom stereocenters. The van der Waals surface area contributed by atoms with Crippen LogP contribution in [0.4, 0.5) is 0 Å². The number of carbonyl (C=O) groups is 3. The van der Waals surface area contributed by atoms with Gasteiger partial charge in [-0.15, -0.1) is 0 Å². The fourth-order valence-electron chi connectivity index (χ4n) is 3.87. The Morgan fingerprint density at radius 1 is 0.806 bits per heavy atom. The zero-order valence-electron chi connectivity index (χ0n) is 20.9. The van der Waals surface area contributed by atoms with E-state index >= 15 is 0 Å². The number of aliphatic carboxylic acids is 1. The van der Waals surface area contributed by atoms with Crippen molar-refractivity contribution in [3.8, 4) is 0 Å². The van der Waals surface area contributed by atoms with Gasteiger partial charge in [0.2, 0.25) is 0 Å². The summed E-state index contributed by atoms with van der Waals surface area (Å²) >= 11 is 0. The SMILES string of the molecule is CCCCCCCCCCCC(=O)C(CCCN(CC)CC)(CC([NH-])=O)C(=O)[O-].[Na+].[Na+]. The monoisotopic (exact) mass is 456 g/mol. The molecule has 1 N–H and O–H groups in total. The van der Waals surface area contributed by atoms with Gasteiger partial charge in [0.25, 0.3) is 0 Å². The average molecular weight is 457 g/mol. The first kappa shape index (κ1) is 36.1.